The van der Waals surface area contributed by atoms with Crippen molar-refractivity contribution < 1.29 is 23.8 Å². The fourth-order valence-electron chi connectivity index (χ4n) is 6.95. The molecule has 0 unspecified atom stereocenters. The van der Waals surface area contributed by atoms with E-state index >= 15 is 0 Å². The average Bonchev–Trinajstić information content (AvgIpc) is 3.73. The first-order chi connectivity index (χ1) is 19.9. The summed E-state index contributed by atoms with van der Waals surface area (Å²) in [5.74, 6) is 2.28. The van der Waals surface area contributed by atoms with Crippen molar-refractivity contribution in [2.75, 3.05) is 20.2 Å². The number of furan rings is 1. The third kappa shape index (κ3) is 5.74. The lowest BCUT2D eigenvalue weighted by atomic mass is 9.81. The maximum absolute atomic E-state index is 11.8. The third-order valence-electron chi connectivity index (χ3n) is 9.36. The Morgan fingerprint density at radius 2 is 1.98 bits per heavy atom. The standard InChI is InChI=1S/C32H38N4O5/c1-19(32(37)38)30(22-4-5-22)23-6-3-20-7-9-27(41-29(20)16-23)21-11-13-36(14-12-21)18-26-28(39-2)10-8-24-15-25(17-34-35-33)40-31(24)26/h3,6,8,10,15-16,19,21-22,27,30H,4-5,7,9,11-14,17-18H2,1-2H3,(H,37,38)/t19-,27+,30-/m0/s1. The molecule has 2 fully saturated rings. The van der Waals surface area contributed by atoms with Crippen LogP contribution in [0.3, 0.4) is 0 Å². The molecule has 0 radical (unpaired) electrons. The zero-order valence-electron chi connectivity index (χ0n) is 23.8. The molecule has 2 aliphatic heterocycles. The molecule has 9 heteroatoms. The van der Waals surface area contributed by atoms with Crippen LogP contribution in [-0.4, -0.2) is 42.3 Å². The number of methoxy groups -OCH3 is 1. The number of hydrogen-bond donors (Lipinski definition) is 1. The van der Waals surface area contributed by atoms with Crippen molar-refractivity contribution in [1.82, 2.24) is 4.90 Å². The monoisotopic (exact) mass is 558 g/mol. The van der Waals surface area contributed by atoms with Crippen LogP contribution in [0.25, 0.3) is 21.4 Å². The molecule has 9 nitrogen and oxygen atoms in total. The number of carboxylic acids is 1. The first kappa shape index (κ1) is 27.5. The van der Waals surface area contributed by atoms with Gasteiger partial charge in [-0.05, 0) is 110 Å². The molecule has 3 atom stereocenters. The van der Waals surface area contributed by atoms with Gasteiger partial charge in [0, 0.05) is 16.8 Å². The normalized spacial score (nSPS) is 21.0. The molecular formula is C32H38N4O5. The predicted molar refractivity (Wildman–Crippen MR) is 155 cm³/mol. The van der Waals surface area contributed by atoms with E-state index in [1.807, 2.05) is 25.1 Å². The number of carboxylic acid groups (broad SMARTS) is 1. The number of carbonyl (C=O) groups is 1. The van der Waals surface area contributed by atoms with Crippen LogP contribution in [0.1, 0.15) is 67.4 Å². The molecule has 1 saturated heterocycles. The van der Waals surface area contributed by atoms with Crippen LogP contribution in [-0.2, 0) is 24.3 Å². The Labute approximate surface area is 240 Å². The highest BCUT2D eigenvalue weighted by Gasteiger charge is 2.39. The fraction of sp³-hybridized carbons (Fsp3) is 0.531. The molecule has 1 aliphatic carbocycles. The molecule has 1 aromatic heterocycles. The number of aliphatic carboxylic acids is 1. The smallest absolute Gasteiger partial charge is 0.306 e. The molecular weight excluding hydrogens is 520 g/mol. The second-order valence-electron chi connectivity index (χ2n) is 11.9. The number of hydrogen-bond acceptors (Lipinski definition) is 6. The topological polar surface area (TPSA) is 121 Å². The van der Waals surface area contributed by atoms with E-state index in [0.717, 1.165) is 91.8 Å². The lowest BCUT2D eigenvalue weighted by Gasteiger charge is -2.38. The van der Waals surface area contributed by atoms with Gasteiger partial charge in [0.1, 0.15) is 28.9 Å². The van der Waals surface area contributed by atoms with Gasteiger partial charge in [0.2, 0.25) is 0 Å². The summed E-state index contributed by atoms with van der Waals surface area (Å²) in [5, 5.41) is 14.3. The fourth-order valence-corrected chi connectivity index (χ4v) is 6.95. The van der Waals surface area contributed by atoms with E-state index in [1.165, 1.54) is 5.56 Å². The number of fused-ring (bicyclic) bond motifs is 2. The summed E-state index contributed by atoms with van der Waals surface area (Å²) in [5.41, 5.74) is 12.8. The Morgan fingerprint density at radius 3 is 2.68 bits per heavy atom. The summed E-state index contributed by atoms with van der Waals surface area (Å²) in [6.45, 7) is 4.67. The van der Waals surface area contributed by atoms with Crippen molar-refractivity contribution in [3.63, 3.8) is 0 Å². The van der Waals surface area contributed by atoms with Gasteiger partial charge >= 0.3 is 5.97 Å². The molecule has 1 N–H and O–H groups in total. The van der Waals surface area contributed by atoms with Crippen molar-refractivity contribution in [1.29, 1.82) is 0 Å². The summed E-state index contributed by atoms with van der Waals surface area (Å²) in [4.78, 5) is 17.1. The number of nitrogens with zero attached hydrogens (tertiary/aromatic N) is 4. The van der Waals surface area contributed by atoms with E-state index in [9.17, 15) is 9.90 Å². The van der Waals surface area contributed by atoms with Gasteiger partial charge in [0.15, 0.2) is 0 Å². The lowest BCUT2D eigenvalue weighted by Crippen LogP contribution is -2.40. The SMILES string of the molecule is COc1ccc2cc(CN=[N+]=[N-])oc2c1CN1CCC([C@H]2CCc3ccc([C@H](C4CC4)[C@H](C)C(=O)O)cc3O2)CC1. The van der Waals surface area contributed by atoms with Crippen LogP contribution >= 0.6 is 0 Å². The minimum Gasteiger partial charge on any atom is -0.496 e. The third-order valence-corrected chi connectivity index (χ3v) is 9.36. The van der Waals surface area contributed by atoms with Crippen molar-refractivity contribution in [3.8, 4) is 11.5 Å². The summed E-state index contributed by atoms with van der Waals surface area (Å²) in [7, 11) is 1.68. The van der Waals surface area contributed by atoms with Crippen LogP contribution < -0.4 is 9.47 Å². The van der Waals surface area contributed by atoms with Crippen LogP contribution in [0.4, 0.5) is 0 Å². The Kier molecular flexibility index (Phi) is 7.82. The quantitative estimate of drug-likeness (QED) is 0.161. The van der Waals surface area contributed by atoms with Crippen molar-refractivity contribution in [2.24, 2.45) is 22.9 Å². The van der Waals surface area contributed by atoms with E-state index in [-0.39, 0.29) is 18.6 Å². The first-order valence-corrected chi connectivity index (χ1v) is 14.8. The number of likely N-dealkylation sites (tertiary alicyclic amines) is 1. The number of rotatable bonds is 10. The van der Waals surface area contributed by atoms with E-state index < -0.39 is 11.9 Å². The van der Waals surface area contributed by atoms with Gasteiger partial charge in [-0.3, -0.25) is 9.69 Å². The molecule has 6 rings (SSSR count). The Hall–Kier alpha value is -3.68. The summed E-state index contributed by atoms with van der Waals surface area (Å²) in [6.07, 6.45) is 6.53. The first-order valence-electron chi connectivity index (χ1n) is 14.8. The zero-order valence-corrected chi connectivity index (χ0v) is 23.8. The van der Waals surface area contributed by atoms with Crippen molar-refractivity contribution in [3.05, 3.63) is 69.3 Å². The zero-order chi connectivity index (χ0) is 28.5. The van der Waals surface area contributed by atoms with Gasteiger partial charge in [-0.25, -0.2) is 0 Å². The highest BCUT2D eigenvalue weighted by Crippen LogP contribution is 2.48. The van der Waals surface area contributed by atoms with Crippen LogP contribution in [0.15, 0.2) is 45.9 Å². The van der Waals surface area contributed by atoms with Gasteiger partial charge < -0.3 is 19.0 Å². The van der Waals surface area contributed by atoms with Crippen molar-refractivity contribution >= 4 is 16.9 Å². The Balaban J connectivity index is 1.12. The highest BCUT2D eigenvalue weighted by molar-refractivity contribution is 5.83. The summed E-state index contributed by atoms with van der Waals surface area (Å²) in [6, 6.07) is 12.3. The van der Waals surface area contributed by atoms with Crippen molar-refractivity contribution in [2.45, 2.75) is 70.6 Å². The number of benzene rings is 2. The molecule has 3 aromatic rings. The number of ether oxygens (including phenoxy) is 2. The largest absolute Gasteiger partial charge is 0.496 e. The number of piperidine rings is 1. The molecule has 0 bridgehead atoms. The Morgan fingerprint density at radius 1 is 1.17 bits per heavy atom. The van der Waals surface area contributed by atoms with E-state index in [4.69, 9.17) is 19.4 Å². The van der Waals surface area contributed by atoms with Crippen LogP contribution in [0.2, 0.25) is 0 Å². The van der Waals surface area contributed by atoms with Gasteiger partial charge in [-0.1, -0.05) is 24.2 Å². The summed E-state index contributed by atoms with van der Waals surface area (Å²) < 4.78 is 18.4. The van der Waals surface area contributed by atoms with E-state index in [1.54, 1.807) is 7.11 Å². The molecule has 2 aromatic carbocycles. The highest BCUT2D eigenvalue weighted by atomic mass is 16.5. The molecule has 41 heavy (non-hydrogen) atoms. The maximum atomic E-state index is 11.8. The molecule has 3 heterocycles. The minimum atomic E-state index is -0.723. The van der Waals surface area contributed by atoms with E-state index in [0.29, 0.717) is 17.6 Å². The molecule has 0 amide bonds. The molecule has 0 spiro atoms. The maximum Gasteiger partial charge on any atom is 0.306 e. The molecule has 216 valence electrons. The van der Waals surface area contributed by atoms with Crippen LogP contribution in [0.5, 0.6) is 11.5 Å². The van der Waals surface area contributed by atoms with Crippen LogP contribution in [0, 0.1) is 17.8 Å². The second kappa shape index (κ2) is 11.7. The van der Waals surface area contributed by atoms with Gasteiger partial charge in [-0.2, -0.15) is 0 Å². The lowest BCUT2D eigenvalue weighted by molar-refractivity contribution is -0.142. The van der Waals surface area contributed by atoms with Gasteiger partial charge in [0.25, 0.3) is 0 Å². The molecule has 3 aliphatic rings. The number of azide groups is 1. The van der Waals surface area contributed by atoms with Gasteiger partial charge in [-0.15, -0.1) is 0 Å². The second-order valence-corrected chi connectivity index (χ2v) is 11.9. The molecule has 1 saturated carbocycles. The predicted octanol–water partition coefficient (Wildman–Crippen LogP) is 7.07. The number of aryl methyl sites for hydroxylation is 1. The minimum absolute atomic E-state index is 0.0516. The summed E-state index contributed by atoms with van der Waals surface area (Å²) >= 11 is 0. The van der Waals surface area contributed by atoms with Gasteiger partial charge in [0.05, 0.1) is 25.1 Å². The van der Waals surface area contributed by atoms with E-state index in [2.05, 4.69) is 33.1 Å². The Bertz CT molecular complexity index is 1470. The average molecular weight is 559 g/mol.